The zero-order valence-electron chi connectivity index (χ0n) is 37.6. The minimum atomic E-state index is -4.93. The topological polar surface area (TPSA) is 32.8 Å². The van der Waals surface area contributed by atoms with Gasteiger partial charge in [0, 0.05) is 54.5 Å². The molecule has 12 aromatic carbocycles. The lowest BCUT2D eigenvalue weighted by Gasteiger charge is -2.31. The second kappa shape index (κ2) is 15.2. The molecule has 0 unspecified atom stereocenters. The van der Waals surface area contributed by atoms with E-state index in [1.807, 2.05) is 109 Å². The van der Waals surface area contributed by atoms with Crippen LogP contribution in [0.1, 0.15) is 11.1 Å². The summed E-state index contributed by atoms with van der Waals surface area (Å²) in [5.74, 6) is 0. The molecular weight excluding hydrogens is 919 g/mol. The predicted octanol–water partition coefficient (Wildman–Crippen LogP) is 19.7. The lowest BCUT2D eigenvalue weighted by molar-refractivity contribution is -0.137. The molecule has 2 aromatic heterocycles. The Kier molecular flexibility index (Phi) is 8.87. The molecule has 10 heteroatoms. The van der Waals surface area contributed by atoms with Crippen LogP contribution in [0.5, 0.6) is 0 Å². The molecule has 0 saturated carbocycles. The fraction of sp³-hybridized carbons (Fsp3) is 0.0323. The molecule has 0 atom stereocenters. The monoisotopic (exact) mass is 952 g/mol. The fourth-order valence-electron chi connectivity index (χ4n) is 11.2. The van der Waals surface area contributed by atoms with Gasteiger partial charge in [0.15, 0.2) is 11.2 Å². The number of halogens is 6. The van der Waals surface area contributed by atoms with Gasteiger partial charge in [-0.15, -0.1) is 0 Å². The number of anilines is 6. The second-order valence-corrected chi connectivity index (χ2v) is 18.1. The fourth-order valence-corrected chi connectivity index (χ4v) is 11.2. The van der Waals surface area contributed by atoms with Gasteiger partial charge in [-0.05, 0) is 93.0 Å². The third-order valence-corrected chi connectivity index (χ3v) is 14.2. The molecule has 0 aliphatic rings. The number of hydrogen-bond acceptors (Lipinski definition) is 4. The van der Waals surface area contributed by atoms with Gasteiger partial charge in [0.1, 0.15) is 11.2 Å². The number of nitrogens with zero attached hydrogens (tertiary/aromatic N) is 2. The Hall–Kier alpha value is -9.02. The molecule has 0 bridgehead atoms. The minimum absolute atomic E-state index is 0.0345. The molecule has 0 amide bonds. The number of alkyl halides is 6. The Morgan fingerprint density at radius 2 is 0.667 bits per heavy atom. The number of para-hydroxylation sites is 4. The molecule has 14 rings (SSSR count). The van der Waals surface area contributed by atoms with Crippen LogP contribution in [0.3, 0.4) is 0 Å². The summed E-state index contributed by atoms with van der Waals surface area (Å²) in [6, 6.07) is 60.7. The third-order valence-electron chi connectivity index (χ3n) is 14.2. The van der Waals surface area contributed by atoms with Gasteiger partial charge in [-0.3, -0.25) is 0 Å². The van der Waals surface area contributed by atoms with Crippen molar-refractivity contribution < 1.29 is 35.2 Å². The van der Waals surface area contributed by atoms with Crippen LogP contribution in [0, 0.1) is 0 Å². The first-order valence-electron chi connectivity index (χ1n) is 23.3. The van der Waals surface area contributed by atoms with Crippen LogP contribution in [0.2, 0.25) is 0 Å². The lowest BCUT2D eigenvalue weighted by Crippen LogP contribution is -2.15. The minimum Gasteiger partial charge on any atom is -0.454 e. The first-order valence-corrected chi connectivity index (χ1v) is 23.3. The van der Waals surface area contributed by atoms with Crippen molar-refractivity contribution in [3.8, 4) is 0 Å². The quantitative estimate of drug-likeness (QED) is 0.123. The van der Waals surface area contributed by atoms with Crippen molar-refractivity contribution in [2.24, 2.45) is 0 Å². The van der Waals surface area contributed by atoms with Gasteiger partial charge in [0.2, 0.25) is 0 Å². The maximum atomic E-state index is 16.0. The summed E-state index contributed by atoms with van der Waals surface area (Å²) in [6.45, 7) is 0. The number of furan rings is 2. The lowest BCUT2D eigenvalue weighted by atomic mass is 9.87. The van der Waals surface area contributed by atoms with Gasteiger partial charge in [-0.25, -0.2) is 0 Å². The van der Waals surface area contributed by atoms with E-state index in [2.05, 4.69) is 0 Å². The molecule has 0 spiro atoms. The van der Waals surface area contributed by atoms with E-state index in [1.165, 1.54) is 24.3 Å². The van der Waals surface area contributed by atoms with Gasteiger partial charge in [0.25, 0.3) is 0 Å². The van der Waals surface area contributed by atoms with E-state index in [4.69, 9.17) is 8.83 Å². The molecule has 0 N–H and O–H groups in total. The Morgan fingerprint density at radius 3 is 1.08 bits per heavy atom. The Labute approximate surface area is 405 Å². The maximum absolute atomic E-state index is 16.0. The highest BCUT2D eigenvalue weighted by atomic mass is 19.4. The van der Waals surface area contributed by atoms with Crippen LogP contribution in [-0.4, -0.2) is 0 Å². The Bertz CT molecular complexity index is 4210. The summed E-state index contributed by atoms with van der Waals surface area (Å²) in [5.41, 5.74) is 2.17. The number of hydrogen-bond donors (Lipinski definition) is 0. The number of benzene rings is 12. The molecule has 14 aromatic rings. The van der Waals surface area contributed by atoms with Crippen LogP contribution < -0.4 is 9.80 Å². The van der Waals surface area contributed by atoms with E-state index < -0.39 is 23.5 Å². The number of rotatable bonds is 6. The zero-order valence-corrected chi connectivity index (χ0v) is 37.6. The molecule has 0 radical (unpaired) electrons. The normalized spacial score (nSPS) is 12.6. The van der Waals surface area contributed by atoms with Crippen LogP contribution in [0.4, 0.5) is 60.5 Å². The molecule has 0 fully saturated rings. The SMILES string of the molecule is FC(F)(F)c1cc(N(c2ccccc2)c2cccc3c2oc2ccc4ccccc4c23)c2ccc3c(C(F)(F)F)cc(N(c4ccccc4)c4cccc5c4oc4ccc6ccccc6c45)c4ccc1c2c43. The smallest absolute Gasteiger partial charge is 0.417 e. The highest BCUT2D eigenvalue weighted by molar-refractivity contribution is 6.30. The molecule has 2 heterocycles. The first-order chi connectivity index (χ1) is 35.0. The standard InChI is InChI=1S/C62H34F6N2O2/c63-61(64,65)47-33-51(69(37-15-3-1-4-16-37)49-23-11-21-45-55-39-19-9-7-13-35(39)25-31-53(55)71-59(45)49)43-29-27-42-48(62(66,67)68)34-52(44-30-28-41(47)57(43)58(42)44)70(38-17-5-2-6-18-38)50-24-12-22-46-56-40-20-10-8-14-36(40)26-32-54(56)72-60(46)50/h1-34H. The van der Waals surface area contributed by atoms with E-state index >= 15 is 26.3 Å². The average molecular weight is 953 g/mol. The van der Waals surface area contributed by atoms with Crippen LogP contribution in [0.15, 0.2) is 215 Å². The summed E-state index contributed by atoms with van der Waals surface area (Å²) in [6.07, 6.45) is -9.87. The Morgan fingerprint density at radius 1 is 0.292 bits per heavy atom. The van der Waals surface area contributed by atoms with Gasteiger partial charge in [-0.2, -0.15) is 26.3 Å². The van der Waals surface area contributed by atoms with Crippen molar-refractivity contribution in [1.29, 1.82) is 0 Å². The highest BCUT2D eigenvalue weighted by Gasteiger charge is 2.39. The summed E-state index contributed by atoms with van der Waals surface area (Å²) < 4.78 is 109. The van der Waals surface area contributed by atoms with Gasteiger partial charge < -0.3 is 18.6 Å². The molecule has 346 valence electrons. The summed E-state index contributed by atoms with van der Waals surface area (Å²) in [7, 11) is 0. The van der Waals surface area contributed by atoms with Crippen molar-refractivity contribution >= 4 is 132 Å². The third kappa shape index (κ3) is 6.14. The average Bonchev–Trinajstić information content (AvgIpc) is 3.99. The van der Waals surface area contributed by atoms with Crippen molar-refractivity contribution in [2.75, 3.05) is 9.80 Å². The predicted molar refractivity (Wildman–Crippen MR) is 279 cm³/mol. The second-order valence-electron chi connectivity index (χ2n) is 18.1. The number of fused-ring (bicyclic) bond motifs is 10. The van der Waals surface area contributed by atoms with Gasteiger partial charge in [-0.1, -0.05) is 146 Å². The van der Waals surface area contributed by atoms with Crippen LogP contribution >= 0.6 is 0 Å². The van der Waals surface area contributed by atoms with Gasteiger partial charge in [0.05, 0.1) is 33.9 Å². The Balaban J connectivity index is 1.10. The van der Waals surface area contributed by atoms with Crippen LogP contribution in [-0.2, 0) is 12.4 Å². The molecule has 0 aliphatic carbocycles. The van der Waals surface area contributed by atoms with E-state index in [1.54, 1.807) is 70.5 Å². The van der Waals surface area contributed by atoms with Crippen molar-refractivity contribution in [3.05, 3.63) is 217 Å². The van der Waals surface area contributed by atoms with E-state index in [0.717, 1.165) is 55.2 Å². The molecule has 72 heavy (non-hydrogen) atoms. The van der Waals surface area contributed by atoms with E-state index in [9.17, 15) is 0 Å². The van der Waals surface area contributed by atoms with Crippen molar-refractivity contribution in [2.45, 2.75) is 12.4 Å². The molecule has 0 aliphatic heterocycles. The summed E-state index contributed by atoms with van der Waals surface area (Å²) >= 11 is 0. The van der Waals surface area contributed by atoms with Crippen LogP contribution in [0.25, 0.3) is 97.7 Å². The molecular formula is C62H34F6N2O2. The summed E-state index contributed by atoms with van der Waals surface area (Å²) in [4.78, 5) is 3.45. The molecule has 4 nitrogen and oxygen atoms in total. The zero-order chi connectivity index (χ0) is 48.6. The van der Waals surface area contributed by atoms with Gasteiger partial charge >= 0.3 is 12.4 Å². The largest absolute Gasteiger partial charge is 0.454 e. The first kappa shape index (κ1) is 41.9. The van der Waals surface area contributed by atoms with E-state index in [-0.39, 0.29) is 32.9 Å². The summed E-state index contributed by atoms with van der Waals surface area (Å²) in [5, 5.41) is 7.31. The maximum Gasteiger partial charge on any atom is 0.417 e. The van der Waals surface area contributed by atoms with E-state index in [0.29, 0.717) is 55.9 Å². The molecule has 0 saturated heterocycles. The van der Waals surface area contributed by atoms with Crippen molar-refractivity contribution in [1.82, 2.24) is 0 Å². The van der Waals surface area contributed by atoms with Crippen molar-refractivity contribution in [3.63, 3.8) is 0 Å². The highest BCUT2D eigenvalue weighted by Crippen LogP contribution is 2.55.